The fourth-order valence-corrected chi connectivity index (χ4v) is 2.56. The molecule has 0 saturated carbocycles. The summed E-state index contributed by atoms with van der Waals surface area (Å²) in [6.07, 6.45) is 9.91. The van der Waals surface area contributed by atoms with Gasteiger partial charge in [0.1, 0.15) is 12.8 Å². The molecular weight excluding hydrogens is 270 g/mol. The van der Waals surface area contributed by atoms with E-state index in [1.807, 2.05) is 6.07 Å². The molecule has 2 heteroatoms. The minimum absolute atomic E-state index is 0.481. The normalized spacial score (nSPS) is 14.8. The topological polar surface area (TPSA) is 21.6 Å². The van der Waals surface area contributed by atoms with Crippen LogP contribution in [0.4, 0.5) is 0 Å². The molecule has 0 fully saturated rings. The molecule has 0 unspecified atom stereocenters. The van der Waals surface area contributed by atoms with Crippen LogP contribution in [0.1, 0.15) is 31.2 Å². The molecule has 1 aliphatic carbocycles. The van der Waals surface area contributed by atoms with E-state index in [0.29, 0.717) is 6.61 Å². The highest BCUT2D eigenvalue weighted by Gasteiger charge is 2.01. The zero-order chi connectivity index (χ0) is 15.0. The van der Waals surface area contributed by atoms with Crippen molar-refractivity contribution in [3.8, 4) is 11.1 Å². The molecule has 111 valence electrons. The molecule has 3 rings (SSSR count). The molecule has 0 atom stereocenters. The predicted octanol–water partition coefficient (Wildman–Crippen LogP) is 5.23. The Kier molecular flexibility index (Phi) is 5.04. The van der Waals surface area contributed by atoms with Crippen molar-refractivity contribution in [1.29, 1.82) is 0 Å². The third-order valence-corrected chi connectivity index (χ3v) is 3.84. The van der Waals surface area contributed by atoms with Gasteiger partial charge >= 0.3 is 0 Å². The van der Waals surface area contributed by atoms with Crippen LogP contribution >= 0.6 is 0 Å². The first-order chi connectivity index (χ1) is 10.9. The van der Waals surface area contributed by atoms with Gasteiger partial charge in [-0.2, -0.15) is 0 Å². The van der Waals surface area contributed by atoms with Crippen LogP contribution in [-0.4, -0.2) is 6.21 Å². The summed E-state index contributed by atoms with van der Waals surface area (Å²) < 4.78 is 0. The smallest absolute Gasteiger partial charge is 0.142 e. The van der Waals surface area contributed by atoms with E-state index >= 15 is 0 Å². The van der Waals surface area contributed by atoms with Crippen LogP contribution in [0.25, 0.3) is 11.1 Å². The van der Waals surface area contributed by atoms with Crippen molar-refractivity contribution in [3.63, 3.8) is 0 Å². The van der Waals surface area contributed by atoms with Crippen LogP contribution in [0.3, 0.4) is 0 Å². The lowest BCUT2D eigenvalue weighted by Crippen LogP contribution is -1.94. The van der Waals surface area contributed by atoms with Gasteiger partial charge in [0.2, 0.25) is 0 Å². The molecule has 0 aliphatic heterocycles. The number of rotatable bonds is 5. The molecule has 0 bridgehead atoms. The molecule has 2 aromatic carbocycles. The Morgan fingerprint density at radius 3 is 2.41 bits per heavy atom. The average Bonchev–Trinajstić information content (AvgIpc) is 2.61. The van der Waals surface area contributed by atoms with E-state index in [2.05, 4.69) is 66.0 Å². The van der Waals surface area contributed by atoms with E-state index in [4.69, 9.17) is 4.84 Å². The minimum atomic E-state index is 0.481. The van der Waals surface area contributed by atoms with Crippen molar-refractivity contribution in [2.24, 2.45) is 5.16 Å². The van der Waals surface area contributed by atoms with Gasteiger partial charge in [-0.1, -0.05) is 65.8 Å². The van der Waals surface area contributed by atoms with Crippen molar-refractivity contribution in [3.05, 3.63) is 71.8 Å². The Labute approximate surface area is 132 Å². The highest BCUT2D eigenvalue weighted by Crippen LogP contribution is 2.19. The molecule has 0 saturated heterocycles. The average molecular weight is 290 g/mol. The standard InChI is InChI=1S/C20H20NO/c1-3-7-17(8-4-1)15-21-22-16-18-11-13-20(14-12-18)19-9-5-2-6-10-19/h2,5-7,9-14H,1,3-4,8,16H2. The van der Waals surface area contributed by atoms with E-state index < -0.39 is 0 Å². The first-order valence-corrected chi connectivity index (χ1v) is 7.83. The fraction of sp³-hybridized carbons (Fsp3) is 0.250. The molecule has 1 aliphatic rings. The van der Waals surface area contributed by atoms with Crippen LogP contribution < -0.4 is 0 Å². The van der Waals surface area contributed by atoms with Gasteiger partial charge in [-0.05, 0) is 47.9 Å². The van der Waals surface area contributed by atoms with Crippen molar-refractivity contribution in [2.75, 3.05) is 0 Å². The second kappa shape index (κ2) is 7.60. The third-order valence-electron chi connectivity index (χ3n) is 3.84. The van der Waals surface area contributed by atoms with Gasteiger partial charge in [0.15, 0.2) is 0 Å². The molecule has 22 heavy (non-hydrogen) atoms. The Hall–Kier alpha value is -2.35. The van der Waals surface area contributed by atoms with Gasteiger partial charge in [0, 0.05) is 0 Å². The van der Waals surface area contributed by atoms with E-state index in [9.17, 15) is 0 Å². The van der Waals surface area contributed by atoms with Crippen LogP contribution in [0.5, 0.6) is 0 Å². The summed E-state index contributed by atoms with van der Waals surface area (Å²) in [6, 6.07) is 18.8. The lowest BCUT2D eigenvalue weighted by Gasteiger charge is -2.07. The van der Waals surface area contributed by atoms with Gasteiger partial charge in [-0.15, -0.1) is 0 Å². The number of benzene rings is 2. The van der Waals surface area contributed by atoms with E-state index in [1.54, 1.807) is 0 Å². The molecule has 2 nitrogen and oxygen atoms in total. The number of hydrogen-bond donors (Lipinski definition) is 0. The van der Waals surface area contributed by atoms with Crippen molar-refractivity contribution < 1.29 is 4.84 Å². The van der Waals surface area contributed by atoms with Crippen molar-refractivity contribution in [2.45, 2.75) is 32.3 Å². The largest absolute Gasteiger partial charge is 0.390 e. The first kappa shape index (κ1) is 14.6. The van der Waals surface area contributed by atoms with E-state index in [0.717, 1.165) is 18.4 Å². The molecule has 0 amide bonds. The number of hydrogen-bond acceptors (Lipinski definition) is 2. The second-order valence-corrected chi connectivity index (χ2v) is 5.51. The van der Waals surface area contributed by atoms with Gasteiger partial charge in [-0.3, -0.25) is 0 Å². The van der Waals surface area contributed by atoms with Crippen LogP contribution in [0, 0.1) is 0 Å². The van der Waals surface area contributed by atoms with E-state index in [1.165, 1.54) is 29.5 Å². The maximum atomic E-state index is 5.34. The monoisotopic (exact) mass is 290 g/mol. The molecule has 0 N–H and O–H groups in total. The maximum Gasteiger partial charge on any atom is 0.142 e. The molecule has 0 aromatic heterocycles. The Morgan fingerprint density at radius 1 is 0.909 bits per heavy atom. The first-order valence-electron chi connectivity index (χ1n) is 7.83. The summed E-state index contributed by atoms with van der Waals surface area (Å²) in [5.41, 5.74) is 4.73. The minimum Gasteiger partial charge on any atom is -0.390 e. The molecular formula is C20H20NO. The highest BCUT2D eigenvalue weighted by atomic mass is 16.6. The van der Waals surface area contributed by atoms with Crippen molar-refractivity contribution in [1.82, 2.24) is 0 Å². The van der Waals surface area contributed by atoms with Gasteiger partial charge < -0.3 is 4.84 Å². The molecule has 1 radical (unpaired) electrons. The van der Waals surface area contributed by atoms with E-state index in [-0.39, 0.29) is 0 Å². The summed E-state index contributed by atoms with van der Waals surface area (Å²) in [6.45, 7) is 0.481. The molecule has 2 aromatic rings. The third kappa shape index (κ3) is 4.08. The van der Waals surface area contributed by atoms with Gasteiger partial charge in [0.05, 0.1) is 0 Å². The molecule has 0 heterocycles. The maximum absolute atomic E-state index is 5.34. The Bertz CT molecular complexity index is 641. The number of allylic oxidation sites excluding steroid dienone is 2. The summed E-state index contributed by atoms with van der Waals surface area (Å²) in [4.78, 5) is 5.34. The highest BCUT2D eigenvalue weighted by molar-refractivity contribution is 5.78. The van der Waals surface area contributed by atoms with Crippen LogP contribution in [0.15, 0.2) is 71.4 Å². The summed E-state index contributed by atoms with van der Waals surface area (Å²) >= 11 is 0. The summed E-state index contributed by atoms with van der Waals surface area (Å²) in [5.74, 6) is 0. The Balaban J connectivity index is 1.53. The van der Waals surface area contributed by atoms with Crippen molar-refractivity contribution >= 4 is 6.21 Å². The van der Waals surface area contributed by atoms with Crippen LogP contribution in [0.2, 0.25) is 0 Å². The summed E-state index contributed by atoms with van der Waals surface area (Å²) in [7, 11) is 0. The lowest BCUT2D eigenvalue weighted by molar-refractivity contribution is 0.132. The predicted molar refractivity (Wildman–Crippen MR) is 90.7 cm³/mol. The SMILES string of the molecule is [C](=N/OCc1ccc(-c2ccccc2)cc1)/C1=CCCCC1. The second-order valence-electron chi connectivity index (χ2n) is 5.51. The van der Waals surface area contributed by atoms with Gasteiger partial charge in [0.25, 0.3) is 0 Å². The Morgan fingerprint density at radius 2 is 1.68 bits per heavy atom. The fourth-order valence-electron chi connectivity index (χ4n) is 2.56. The van der Waals surface area contributed by atoms with Gasteiger partial charge in [-0.25, -0.2) is 0 Å². The lowest BCUT2D eigenvalue weighted by atomic mass is 10.0. The zero-order valence-corrected chi connectivity index (χ0v) is 12.7. The zero-order valence-electron chi connectivity index (χ0n) is 12.7. The number of nitrogens with zero attached hydrogens (tertiary/aromatic N) is 1. The van der Waals surface area contributed by atoms with Crippen LogP contribution in [-0.2, 0) is 11.4 Å². The summed E-state index contributed by atoms with van der Waals surface area (Å²) in [5, 5.41) is 3.95. The molecule has 0 spiro atoms. The quantitative estimate of drug-likeness (QED) is 0.545.